The Morgan fingerprint density at radius 1 is 1.21 bits per heavy atom. The molecule has 0 fully saturated rings. The van der Waals surface area contributed by atoms with Gasteiger partial charge in [0.2, 0.25) is 5.78 Å². The van der Waals surface area contributed by atoms with Crippen LogP contribution in [0.15, 0.2) is 42.5 Å². The number of carbonyl (C=O) groups excluding carboxylic acids is 2. The number of hydrogen-bond acceptors (Lipinski definition) is 4. The first-order chi connectivity index (χ1) is 14.0. The molecular formula is C23H21ClN2O3. The minimum Gasteiger partial charge on any atom is -0.465 e. The lowest BCUT2D eigenvalue weighted by Crippen LogP contribution is -2.22. The first kappa shape index (κ1) is 19.4. The number of ketones is 1. The molecule has 148 valence electrons. The van der Waals surface area contributed by atoms with E-state index in [1.54, 1.807) is 12.1 Å². The number of hydrogen-bond donors (Lipinski definition) is 0. The van der Waals surface area contributed by atoms with Gasteiger partial charge in [0.1, 0.15) is 11.5 Å². The Morgan fingerprint density at radius 3 is 2.76 bits per heavy atom. The number of esters is 1. The fourth-order valence-electron chi connectivity index (χ4n) is 3.79. The first-order valence-electron chi connectivity index (χ1n) is 9.65. The minimum atomic E-state index is -0.411. The van der Waals surface area contributed by atoms with E-state index in [1.807, 2.05) is 34.9 Å². The van der Waals surface area contributed by atoms with Crippen molar-refractivity contribution in [1.29, 1.82) is 0 Å². The molecule has 6 heteroatoms. The van der Waals surface area contributed by atoms with Gasteiger partial charge in [-0.25, -0.2) is 9.78 Å². The van der Waals surface area contributed by atoms with E-state index in [0.29, 0.717) is 23.4 Å². The maximum absolute atomic E-state index is 13.2. The topological polar surface area (TPSA) is 61.2 Å². The normalized spacial score (nSPS) is 12.4. The molecule has 1 aliphatic heterocycles. The van der Waals surface area contributed by atoms with Gasteiger partial charge in [-0.1, -0.05) is 55.3 Å². The number of methoxy groups -OCH3 is 1. The van der Waals surface area contributed by atoms with E-state index in [9.17, 15) is 9.59 Å². The molecule has 5 nitrogen and oxygen atoms in total. The lowest BCUT2D eigenvalue weighted by atomic mass is 9.91. The predicted octanol–water partition coefficient (Wildman–Crippen LogP) is 4.93. The van der Waals surface area contributed by atoms with E-state index in [1.165, 1.54) is 7.11 Å². The molecule has 0 amide bonds. The molecule has 0 atom stereocenters. The number of imidazole rings is 1. The van der Waals surface area contributed by atoms with Crippen LogP contribution in [0.1, 0.15) is 57.6 Å². The van der Waals surface area contributed by atoms with Gasteiger partial charge in [0.05, 0.1) is 19.2 Å². The Balaban J connectivity index is 1.77. The molecule has 0 aliphatic carbocycles. The molecular weight excluding hydrogens is 388 g/mol. The zero-order valence-corrected chi connectivity index (χ0v) is 17.1. The molecule has 0 radical (unpaired) electrons. The van der Waals surface area contributed by atoms with Crippen molar-refractivity contribution in [1.82, 2.24) is 9.55 Å². The van der Waals surface area contributed by atoms with Gasteiger partial charge in [0.15, 0.2) is 5.15 Å². The number of fused-ring (bicyclic) bond motifs is 2. The lowest BCUT2D eigenvalue weighted by Gasteiger charge is -2.21. The number of aryl methyl sites for hydroxylation is 1. The summed E-state index contributed by atoms with van der Waals surface area (Å²) in [5, 5.41) is 0.257. The summed E-state index contributed by atoms with van der Waals surface area (Å²) in [5.74, 6) is 0.307. The molecule has 0 saturated carbocycles. The predicted molar refractivity (Wildman–Crippen MR) is 112 cm³/mol. The van der Waals surface area contributed by atoms with Gasteiger partial charge in [0.25, 0.3) is 0 Å². The average Bonchev–Trinajstić information content (AvgIpc) is 3.07. The summed E-state index contributed by atoms with van der Waals surface area (Å²) in [4.78, 5) is 29.8. The third-order valence-electron chi connectivity index (χ3n) is 5.30. The molecule has 1 aromatic heterocycles. The standard InChI is InChI=1S/C23H21ClN2O3/c1-3-4-9-19-25-22(24)20-21(27)18-12-14(10-11-15(18)13-26(19)20)16-7-5-6-8-17(16)23(28)29-2/h5-8,10-12H,3-4,9,13H2,1-2H3. The van der Waals surface area contributed by atoms with E-state index in [2.05, 4.69) is 11.9 Å². The van der Waals surface area contributed by atoms with Crippen molar-refractivity contribution in [2.75, 3.05) is 7.11 Å². The fourth-order valence-corrected chi connectivity index (χ4v) is 4.08. The Kier molecular flexibility index (Phi) is 5.24. The number of benzene rings is 2. The second kappa shape index (κ2) is 7.84. The van der Waals surface area contributed by atoms with Crippen LogP contribution in [-0.4, -0.2) is 28.4 Å². The highest BCUT2D eigenvalue weighted by atomic mass is 35.5. The Hall–Kier alpha value is -2.92. The first-order valence-corrected chi connectivity index (χ1v) is 10.0. The van der Waals surface area contributed by atoms with Crippen LogP contribution in [0.5, 0.6) is 0 Å². The van der Waals surface area contributed by atoms with Gasteiger partial charge >= 0.3 is 5.97 Å². The smallest absolute Gasteiger partial charge is 0.338 e. The second-order valence-corrected chi connectivity index (χ2v) is 7.45. The number of ether oxygens (including phenoxy) is 1. The molecule has 0 spiro atoms. The van der Waals surface area contributed by atoms with Gasteiger partial charge in [-0.15, -0.1) is 0 Å². The zero-order valence-electron chi connectivity index (χ0n) is 16.4. The van der Waals surface area contributed by atoms with Crippen LogP contribution in [0.2, 0.25) is 5.15 Å². The molecule has 4 rings (SSSR count). The number of carbonyl (C=O) groups is 2. The van der Waals surface area contributed by atoms with E-state index in [4.69, 9.17) is 16.3 Å². The molecule has 29 heavy (non-hydrogen) atoms. The van der Waals surface area contributed by atoms with Crippen molar-refractivity contribution in [3.05, 3.63) is 75.8 Å². The van der Waals surface area contributed by atoms with Crippen LogP contribution >= 0.6 is 11.6 Å². The monoisotopic (exact) mass is 408 g/mol. The van der Waals surface area contributed by atoms with Crippen molar-refractivity contribution in [2.45, 2.75) is 32.7 Å². The molecule has 0 saturated heterocycles. The van der Waals surface area contributed by atoms with E-state index >= 15 is 0 Å². The summed E-state index contributed by atoms with van der Waals surface area (Å²) >= 11 is 6.33. The maximum Gasteiger partial charge on any atom is 0.338 e. The summed E-state index contributed by atoms with van der Waals surface area (Å²) in [6, 6.07) is 12.9. The van der Waals surface area contributed by atoms with Gasteiger partial charge in [-0.05, 0) is 35.2 Å². The molecule has 2 heterocycles. The van der Waals surface area contributed by atoms with Crippen molar-refractivity contribution in [2.24, 2.45) is 0 Å². The Morgan fingerprint density at radius 2 is 2.00 bits per heavy atom. The van der Waals surface area contributed by atoms with Crippen LogP contribution in [0.4, 0.5) is 0 Å². The summed E-state index contributed by atoms with van der Waals surface area (Å²) in [6.07, 6.45) is 2.84. The van der Waals surface area contributed by atoms with Crippen molar-refractivity contribution in [3.8, 4) is 11.1 Å². The van der Waals surface area contributed by atoms with E-state index in [0.717, 1.165) is 41.8 Å². The quantitative estimate of drug-likeness (QED) is 0.439. The van der Waals surface area contributed by atoms with Crippen molar-refractivity contribution >= 4 is 23.4 Å². The zero-order chi connectivity index (χ0) is 20.5. The Labute approximate surface area is 174 Å². The largest absolute Gasteiger partial charge is 0.465 e. The van der Waals surface area contributed by atoms with Crippen molar-refractivity contribution in [3.63, 3.8) is 0 Å². The molecule has 1 aliphatic rings. The van der Waals surface area contributed by atoms with Crippen molar-refractivity contribution < 1.29 is 14.3 Å². The van der Waals surface area contributed by atoms with Crippen LogP contribution in [0, 0.1) is 0 Å². The van der Waals surface area contributed by atoms with Gasteiger partial charge in [-0.2, -0.15) is 0 Å². The molecule has 0 N–H and O–H groups in total. The average molecular weight is 409 g/mol. The van der Waals surface area contributed by atoms with Gasteiger partial charge in [0, 0.05) is 12.0 Å². The van der Waals surface area contributed by atoms with Crippen LogP contribution in [0.25, 0.3) is 11.1 Å². The number of nitrogens with zero attached hydrogens (tertiary/aromatic N) is 2. The SMILES string of the molecule is CCCCc1nc(Cl)c2n1Cc1ccc(-c3ccccc3C(=O)OC)cc1C2=O. The third kappa shape index (κ3) is 3.36. The molecule has 2 aromatic carbocycles. The molecule has 3 aromatic rings. The van der Waals surface area contributed by atoms with Gasteiger partial charge < -0.3 is 9.30 Å². The third-order valence-corrected chi connectivity index (χ3v) is 5.56. The lowest BCUT2D eigenvalue weighted by molar-refractivity contribution is 0.0601. The Bertz CT molecular complexity index is 1120. The summed E-state index contributed by atoms with van der Waals surface area (Å²) in [6.45, 7) is 2.68. The summed E-state index contributed by atoms with van der Waals surface area (Å²) in [5.41, 5.74) is 3.94. The number of halogens is 1. The van der Waals surface area contributed by atoms with Crippen LogP contribution < -0.4 is 0 Å². The van der Waals surface area contributed by atoms with E-state index < -0.39 is 5.97 Å². The molecule has 0 bridgehead atoms. The second-order valence-electron chi connectivity index (χ2n) is 7.10. The highest BCUT2D eigenvalue weighted by Gasteiger charge is 2.30. The number of unbranched alkanes of at least 4 members (excludes halogenated alkanes) is 1. The fraction of sp³-hybridized carbons (Fsp3) is 0.261. The van der Waals surface area contributed by atoms with Gasteiger partial charge in [-0.3, -0.25) is 4.79 Å². The van der Waals surface area contributed by atoms with E-state index in [-0.39, 0.29) is 10.9 Å². The maximum atomic E-state index is 13.2. The minimum absolute atomic E-state index is 0.135. The van der Waals surface area contributed by atoms with Crippen LogP contribution in [-0.2, 0) is 17.7 Å². The highest BCUT2D eigenvalue weighted by molar-refractivity contribution is 6.34. The van der Waals surface area contributed by atoms with Crippen LogP contribution in [0.3, 0.4) is 0 Å². The number of rotatable bonds is 5. The summed E-state index contributed by atoms with van der Waals surface area (Å²) in [7, 11) is 1.36. The summed E-state index contributed by atoms with van der Waals surface area (Å²) < 4.78 is 6.83. The number of aromatic nitrogens is 2. The highest BCUT2D eigenvalue weighted by Crippen LogP contribution is 2.33. The molecule has 0 unspecified atom stereocenters.